The van der Waals surface area contributed by atoms with Crippen molar-refractivity contribution in [2.45, 2.75) is 12.0 Å². The Morgan fingerprint density at radius 1 is 1.43 bits per heavy atom. The summed E-state index contributed by atoms with van der Waals surface area (Å²) in [6.45, 7) is 0.635. The minimum atomic E-state index is -1.13. The van der Waals surface area contributed by atoms with Crippen LogP contribution in [0.1, 0.15) is 12.1 Å². The maximum absolute atomic E-state index is 12.1. The van der Waals surface area contributed by atoms with Gasteiger partial charge in [-0.25, -0.2) is 0 Å². The van der Waals surface area contributed by atoms with E-state index in [1.165, 1.54) is 6.20 Å². The third-order valence-corrected chi connectivity index (χ3v) is 3.60. The zero-order chi connectivity index (χ0) is 14.7. The second-order valence-corrected chi connectivity index (χ2v) is 5.05. The Balaban J connectivity index is 1.57. The quantitative estimate of drug-likeness (QED) is 0.844. The molecule has 0 bridgehead atoms. The van der Waals surface area contributed by atoms with Crippen molar-refractivity contribution in [1.29, 1.82) is 0 Å². The number of carbonyl (C=O) groups excluding carboxylic acids is 1. The van der Waals surface area contributed by atoms with E-state index in [9.17, 15) is 9.90 Å². The summed E-state index contributed by atoms with van der Waals surface area (Å²) >= 11 is 0. The van der Waals surface area contributed by atoms with Crippen molar-refractivity contribution < 1.29 is 14.6 Å². The number of H-pyrrole nitrogens is 1. The van der Waals surface area contributed by atoms with Crippen LogP contribution in [0, 0.1) is 0 Å². The lowest BCUT2D eigenvalue weighted by Crippen LogP contribution is -2.37. The molecule has 1 aliphatic heterocycles. The number of para-hydroxylation sites is 1. The summed E-state index contributed by atoms with van der Waals surface area (Å²) < 4.78 is 5.43. The summed E-state index contributed by atoms with van der Waals surface area (Å²) in [6.07, 6.45) is 1.92. The van der Waals surface area contributed by atoms with Gasteiger partial charge in [-0.15, -0.1) is 0 Å². The van der Waals surface area contributed by atoms with Gasteiger partial charge in [-0.2, -0.15) is 15.4 Å². The van der Waals surface area contributed by atoms with Crippen LogP contribution >= 0.6 is 0 Å². The number of ether oxygens (including phenoxy) is 1. The number of rotatable bonds is 4. The molecule has 3 rings (SSSR count). The van der Waals surface area contributed by atoms with E-state index in [0.29, 0.717) is 24.4 Å². The Bertz CT molecular complexity index is 602. The molecular formula is C14H16N4O3. The number of nitrogens with zero attached hydrogens (tertiary/aromatic N) is 3. The number of carbonyl (C=O) groups is 1. The number of amides is 1. The van der Waals surface area contributed by atoms with Gasteiger partial charge in [0.05, 0.1) is 12.7 Å². The molecule has 0 aliphatic carbocycles. The molecule has 1 unspecified atom stereocenters. The summed E-state index contributed by atoms with van der Waals surface area (Å²) in [7, 11) is 0. The number of nitrogens with one attached hydrogen (secondary N) is 1. The predicted molar refractivity (Wildman–Crippen MR) is 73.4 cm³/mol. The Kier molecular flexibility index (Phi) is 3.57. The topological polar surface area (TPSA) is 91.3 Å². The minimum Gasteiger partial charge on any atom is -0.484 e. The first kappa shape index (κ1) is 13.6. The van der Waals surface area contributed by atoms with Gasteiger partial charge >= 0.3 is 0 Å². The highest BCUT2D eigenvalue weighted by Gasteiger charge is 2.41. The Labute approximate surface area is 121 Å². The maximum Gasteiger partial charge on any atom is 0.260 e. The van der Waals surface area contributed by atoms with Crippen molar-refractivity contribution in [1.82, 2.24) is 20.3 Å². The number of benzene rings is 1. The van der Waals surface area contributed by atoms with Crippen molar-refractivity contribution >= 4 is 5.91 Å². The molecule has 1 amide bonds. The lowest BCUT2D eigenvalue weighted by molar-refractivity contribution is -0.133. The lowest BCUT2D eigenvalue weighted by Gasteiger charge is -2.21. The number of aromatic amines is 1. The van der Waals surface area contributed by atoms with E-state index in [0.717, 1.165) is 0 Å². The van der Waals surface area contributed by atoms with E-state index in [2.05, 4.69) is 15.4 Å². The van der Waals surface area contributed by atoms with Crippen LogP contribution in [0.15, 0.2) is 36.5 Å². The van der Waals surface area contributed by atoms with Crippen molar-refractivity contribution in [3.05, 3.63) is 42.2 Å². The molecule has 21 heavy (non-hydrogen) atoms. The predicted octanol–water partition coefficient (Wildman–Crippen LogP) is 0.304. The second kappa shape index (κ2) is 5.53. The van der Waals surface area contributed by atoms with E-state index >= 15 is 0 Å². The minimum absolute atomic E-state index is 0.0427. The van der Waals surface area contributed by atoms with Gasteiger partial charge in [-0.05, 0) is 12.1 Å². The van der Waals surface area contributed by atoms with Crippen molar-refractivity contribution in [2.75, 3.05) is 19.7 Å². The third kappa shape index (κ3) is 2.87. The summed E-state index contributed by atoms with van der Waals surface area (Å²) in [4.78, 5) is 13.7. The van der Waals surface area contributed by atoms with Crippen LogP contribution in [0.5, 0.6) is 5.75 Å². The standard InChI is InChI=1S/C14H16N4O3/c19-13(9-21-11-4-2-1-3-5-11)18-7-6-14(20,10-18)12-8-15-17-16-12/h1-5,8,20H,6-7,9-10H2,(H,15,16,17). The summed E-state index contributed by atoms with van der Waals surface area (Å²) in [5.74, 6) is 0.495. The molecule has 2 aromatic rings. The van der Waals surface area contributed by atoms with Crippen LogP contribution in [0.25, 0.3) is 0 Å². The molecule has 7 heteroatoms. The molecule has 1 fully saturated rings. The van der Waals surface area contributed by atoms with Crippen LogP contribution in [0.4, 0.5) is 0 Å². The number of hydrogen-bond acceptors (Lipinski definition) is 5. The van der Waals surface area contributed by atoms with Gasteiger partial charge in [-0.3, -0.25) is 4.79 Å². The number of likely N-dealkylation sites (tertiary alicyclic amines) is 1. The summed E-state index contributed by atoms with van der Waals surface area (Å²) in [6, 6.07) is 9.16. The highest BCUT2D eigenvalue weighted by Crippen LogP contribution is 2.30. The molecule has 1 aromatic carbocycles. The molecule has 0 saturated carbocycles. The van der Waals surface area contributed by atoms with Gasteiger partial charge in [0.2, 0.25) is 0 Å². The number of hydrogen-bond donors (Lipinski definition) is 2. The monoisotopic (exact) mass is 288 g/mol. The third-order valence-electron chi connectivity index (χ3n) is 3.60. The Morgan fingerprint density at radius 3 is 2.95 bits per heavy atom. The molecule has 1 atom stereocenters. The van der Waals surface area contributed by atoms with Gasteiger partial charge in [-0.1, -0.05) is 18.2 Å². The van der Waals surface area contributed by atoms with Crippen molar-refractivity contribution in [2.24, 2.45) is 0 Å². The lowest BCUT2D eigenvalue weighted by atomic mass is 10.0. The first-order chi connectivity index (χ1) is 10.2. The molecule has 0 radical (unpaired) electrons. The Morgan fingerprint density at radius 2 is 2.24 bits per heavy atom. The number of aliphatic hydroxyl groups is 1. The van der Waals surface area contributed by atoms with Gasteiger partial charge in [0, 0.05) is 13.0 Å². The zero-order valence-electron chi connectivity index (χ0n) is 11.4. The maximum atomic E-state index is 12.1. The fraction of sp³-hybridized carbons (Fsp3) is 0.357. The van der Waals surface area contributed by atoms with Crippen LogP contribution in [-0.2, 0) is 10.4 Å². The molecule has 1 saturated heterocycles. The molecule has 2 N–H and O–H groups in total. The van der Waals surface area contributed by atoms with E-state index in [4.69, 9.17) is 4.74 Å². The molecule has 1 aliphatic rings. The van der Waals surface area contributed by atoms with Gasteiger partial charge in [0.25, 0.3) is 5.91 Å². The first-order valence-corrected chi connectivity index (χ1v) is 6.72. The zero-order valence-corrected chi connectivity index (χ0v) is 11.4. The van der Waals surface area contributed by atoms with Gasteiger partial charge in [0.15, 0.2) is 6.61 Å². The van der Waals surface area contributed by atoms with Crippen LogP contribution in [0.3, 0.4) is 0 Å². The van der Waals surface area contributed by atoms with E-state index < -0.39 is 5.60 Å². The number of β-amino-alcohol motifs (C(OH)–C–C–N with tert-alkyl or cyclic N) is 1. The number of aromatic nitrogens is 3. The molecular weight excluding hydrogens is 272 g/mol. The van der Waals surface area contributed by atoms with Gasteiger partial charge < -0.3 is 14.7 Å². The average molecular weight is 288 g/mol. The molecule has 7 nitrogen and oxygen atoms in total. The Hall–Kier alpha value is -2.41. The summed E-state index contributed by atoms with van der Waals surface area (Å²) in [5.41, 5.74) is -0.670. The highest BCUT2D eigenvalue weighted by molar-refractivity contribution is 5.78. The smallest absolute Gasteiger partial charge is 0.260 e. The summed E-state index contributed by atoms with van der Waals surface area (Å²) in [5, 5.41) is 20.6. The van der Waals surface area contributed by atoms with E-state index in [1.807, 2.05) is 18.2 Å². The van der Waals surface area contributed by atoms with Crippen molar-refractivity contribution in [3.8, 4) is 5.75 Å². The SMILES string of the molecule is O=C(COc1ccccc1)N1CCC(O)(c2cn[nH]n2)C1. The fourth-order valence-corrected chi connectivity index (χ4v) is 2.39. The first-order valence-electron chi connectivity index (χ1n) is 6.72. The average Bonchev–Trinajstić information content (AvgIpc) is 3.16. The van der Waals surface area contributed by atoms with E-state index in [1.54, 1.807) is 17.0 Å². The van der Waals surface area contributed by atoms with Crippen LogP contribution in [0.2, 0.25) is 0 Å². The second-order valence-electron chi connectivity index (χ2n) is 5.05. The largest absolute Gasteiger partial charge is 0.484 e. The normalized spacial score (nSPS) is 21.5. The highest BCUT2D eigenvalue weighted by atomic mass is 16.5. The molecule has 2 heterocycles. The van der Waals surface area contributed by atoms with Crippen LogP contribution < -0.4 is 4.74 Å². The van der Waals surface area contributed by atoms with Gasteiger partial charge in [0.1, 0.15) is 17.0 Å². The molecule has 110 valence electrons. The molecule has 0 spiro atoms. The molecule has 1 aromatic heterocycles. The fourth-order valence-electron chi connectivity index (χ4n) is 2.39. The van der Waals surface area contributed by atoms with Crippen molar-refractivity contribution in [3.63, 3.8) is 0 Å². The van der Waals surface area contributed by atoms with E-state index in [-0.39, 0.29) is 19.1 Å². The van der Waals surface area contributed by atoms with Crippen LogP contribution in [-0.4, -0.2) is 51.0 Å².